The van der Waals surface area contributed by atoms with Crippen LogP contribution in [0.1, 0.15) is 24.1 Å². The molecule has 3 N–H and O–H groups in total. The largest absolute Gasteiger partial charge is 0.483 e. The molecule has 1 aromatic rings. The van der Waals surface area contributed by atoms with Crippen molar-refractivity contribution in [3.05, 3.63) is 42.0 Å². The number of aryl methyl sites for hydroxylation is 1. The molecule has 0 saturated heterocycles. The van der Waals surface area contributed by atoms with Crippen LogP contribution in [0.2, 0.25) is 0 Å². The van der Waals surface area contributed by atoms with Gasteiger partial charge in [0, 0.05) is 18.2 Å². The predicted molar refractivity (Wildman–Crippen MR) is 72.5 cm³/mol. The van der Waals surface area contributed by atoms with E-state index in [-0.39, 0.29) is 18.6 Å². The Labute approximate surface area is 108 Å². The molecule has 0 aliphatic rings. The minimum atomic E-state index is -0.174. The molecular weight excluding hydrogens is 228 g/mol. The maximum Gasteiger partial charge on any atom is 0.258 e. The summed E-state index contributed by atoms with van der Waals surface area (Å²) in [5.41, 5.74) is 7.83. The zero-order chi connectivity index (χ0) is 13.5. The molecule has 1 atom stereocenters. The highest BCUT2D eigenvalue weighted by Crippen LogP contribution is 2.24. The topological polar surface area (TPSA) is 64.3 Å². The fraction of sp³-hybridized carbons (Fsp3) is 0.357. The third kappa shape index (κ3) is 4.22. The zero-order valence-electron chi connectivity index (χ0n) is 10.9. The van der Waals surface area contributed by atoms with E-state index in [1.807, 2.05) is 32.0 Å². The molecule has 4 heteroatoms. The van der Waals surface area contributed by atoms with Gasteiger partial charge < -0.3 is 15.8 Å². The Morgan fingerprint density at radius 2 is 2.33 bits per heavy atom. The highest BCUT2D eigenvalue weighted by Gasteiger charge is 2.10. The lowest BCUT2D eigenvalue weighted by atomic mass is 10.1. The molecule has 0 spiro atoms. The molecule has 0 aliphatic carbocycles. The SMILES string of the molecule is C=CCNC(=O)COc1cc(C)ccc1[C@@H](C)N. The van der Waals surface area contributed by atoms with Crippen molar-refractivity contribution in [2.24, 2.45) is 5.73 Å². The highest BCUT2D eigenvalue weighted by molar-refractivity contribution is 5.77. The lowest BCUT2D eigenvalue weighted by molar-refractivity contribution is -0.122. The second-order valence-corrected chi connectivity index (χ2v) is 4.21. The summed E-state index contributed by atoms with van der Waals surface area (Å²) >= 11 is 0. The lowest BCUT2D eigenvalue weighted by Gasteiger charge is -2.14. The number of hydrogen-bond acceptors (Lipinski definition) is 3. The van der Waals surface area contributed by atoms with Crippen molar-refractivity contribution in [1.82, 2.24) is 5.32 Å². The van der Waals surface area contributed by atoms with Crippen LogP contribution in [0.15, 0.2) is 30.9 Å². The third-order valence-corrected chi connectivity index (χ3v) is 2.46. The van der Waals surface area contributed by atoms with Crippen LogP contribution >= 0.6 is 0 Å². The van der Waals surface area contributed by atoms with Gasteiger partial charge in [-0.3, -0.25) is 4.79 Å². The van der Waals surface area contributed by atoms with Gasteiger partial charge in [0.25, 0.3) is 5.91 Å². The molecule has 0 fully saturated rings. The van der Waals surface area contributed by atoms with Gasteiger partial charge in [0.05, 0.1) is 0 Å². The quantitative estimate of drug-likeness (QED) is 0.753. The molecule has 0 unspecified atom stereocenters. The van der Waals surface area contributed by atoms with Crippen molar-refractivity contribution < 1.29 is 9.53 Å². The van der Waals surface area contributed by atoms with Crippen molar-refractivity contribution in [2.75, 3.05) is 13.2 Å². The maximum atomic E-state index is 11.4. The van der Waals surface area contributed by atoms with Crippen LogP contribution in [0, 0.1) is 6.92 Å². The molecule has 1 rings (SSSR count). The summed E-state index contributed by atoms with van der Waals surface area (Å²) in [6.07, 6.45) is 1.62. The summed E-state index contributed by atoms with van der Waals surface area (Å²) in [5, 5.41) is 2.65. The van der Waals surface area contributed by atoms with Gasteiger partial charge in [-0.25, -0.2) is 0 Å². The Bertz CT molecular complexity index is 428. The van der Waals surface area contributed by atoms with Gasteiger partial charge in [0.15, 0.2) is 6.61 Å². The van der Waals surface area contributed by atoms with Crippen molar-refractivity contribution in [3.8, 4) is 5.75 Å². The molecule has 18 heavy (non-hydrogen) atoms. The molecule has 1 aromatic carbocycles. The number of carbonyl (C=O) groups is 1. The zero-order valence-corrected chi connectivity index (χ0v) is 10.9. The van der Waals surface area contributed by atoms with Gasteiger partial charge in [0.2, 0.25) is 0 Å². The van der Waals surface area contributed by atoms with E-state index in [2.05, 4.69) is 11.9 Å². The van der Waals surface area contributed by atoms with E-state index in [1.54, 1.807) is 6.08 Å². The van der Waals surface area contributed by atoms with Crippen LogP contribution < -0.4 is 15.8 Å². The Hall–Kier alpha value is -1.81. The number of hydrogen-bond donors (Lipinski definition) is 2. The minimum Gasteiger partial charge on any atom is -0.483 e. The van der Waals surface area contributed by atoms with Crippen LogP contribution in [-0.2, 0) is 4.79 Å². The summed E-state index contributed by atoms with van der Waals surface area (Å²) in [4.78, 5) is 11.4. The van der Waals surface area contributed by atoms with E-state index in [0.29, 0.717) is 12.3 Å². The van der Waals surface area contributed by atoms with Gasteiger partial charge in [-0.2, -0.15) is 0 Å². The average Bonchev–Trinajstić information content (AvgIpc) is 2.33. The molecular formula is C14H20N2O2. The first-order valence-electron chi connectivity index (χ1n) is 5.91. The molecule has 98 valence electrons. The van der Waals surface area contributed by atoms with E-state index in [4.69, 9.17) is 10.5 Å². The fourth-order valence-electron chi connectivity index (χ4n) is 1.52. The predicted octanol–water partition coefficient (Wildman–Crippen LogP) is 1.70. The molecule has 0 saturated carbocycles. The van der Waals surface area contributed by atoms with Gasteiger partial charge >= 0.3 is 0 Å². The van der Waals surface area contributed by atoms with Crippen LogP contribution in [0.3, 0.4) is 0 Å². The van der Waals surface area contributed by atoms with Gasteiger partial charge in [-0.15, -0.1) is 6.58 Å². The minimum absolute atomic E-state index is 0.0169. The van der Waals surface area contributed by atoms with Crippen LogP contribution in [-0.4, -0.2) is 19.1 Å². The average molecular weight is 248 g/mol. The van der Waals surface area contributed by atoms with E-state index >= 15 is 0 Å². The normalized spacial score (nSPS) is 11.7. The van der Waals surface area contributed by atoms with Crippen molar-refractivity contribution in [2.45, 2.75) is 19.9 Å². The van der Waals surface area contributed by atoms with E-state index in [9.17, 15) is 4.79 Å². The Morgan fingerprint density at radius 3 is 2.94 bits per heavy atom. The number of nitrogens with one attached hydrogen (secondary N) is 1. The smallest absolute Gasteiger partial charge is 0.258 e. The van der Waals surface area contributed by atoms with Crippen LogP contribution in [0.25, 0.3) is 0 Å². The van der Waals surface area contributed by atoms with Crippen molar-refractivity contribution >= 4 is 5.91 Å². The fourth-order valence-corrected chi connectivity index (χ4v) is 1.52. The number of carbonyl (C=O) groups excluding carboxylic acids is 1. The summed E-state index contributed by atoms with van der Waals surface area (Å²) in [6.45, 7) is 7.80. The molecule has 0 radical (unpaired) electrons. The number of benzene rings is 1. The molecule has 1 amide bonds. The van der Waals surface area contributed by atoms with Crippen molar-refractivity contribution in [1.29, 1.82) is 0 Å². The Kier molecular flexibility index (Phi) is 5.39. The molecule has 4 nitrogen and oxygen atoms in total. The maximum absolute atomic E-state index is 11.4. The number of nitrogens with two attached hydrogens (primary N) is 1. The summed E-state index contributed by atoms with van der Waals surface area (Å²) in [7, 11) is 0. The van der Waals surface area contributed by atoms with Crippen LogP contribution in [0.4, 0.5) is 0 Å². The first-order valence-corrected chi connectivity index (χ1v) is 5.91. The van der Waals surface area contributed by atoms with Gasteiger partial charge in [-0.05, 0) is 25.5 Å². The van der Waals surface area contributed by atoms with Gasteiger partial charge in [-0.1, -0.05) is 18.2 Å². The summed E-state index contributed by atoms with van der Waals surface area (Å²) in [5.74, 6) is 0.491. The molecule has 0 bridgehead atoms. The molecule has 0 aliphatic heterocycles. The summed E-state index contributed by atoms with van der Waals surface area (Å²) in [6, 6.07) is 5.66. The van der Waals surface area contributed by atoms with Crippen molar-refractivity contribution in [3.63, 3.8) is 0 Å². The molecule has 0 aromatic heterocycles. The first kappa shape index (κ1) is 14.3. The monoisotopic (exact) mass is 248 g/mol. The van der Waals surface area contributed by atoms with Gasteiger partial charge in [0.1, 0.15) is 5.75 Å². The third-order valence-electron chi connectivity index (χ3n) is 2.46. The number of ether oxygens (including phenoxy) is 1. The van der Waals surface area contributed by atoms with E-state index in [1.165, 1.54) is 0 Å². The molecule has 0 heterocycles. The number of rotatable bonds is 6. The second kappa shape index (κ2) is 6.81. The van der Waals surface area contributed by atoms with E-state index in [0.717, 1.165) is 11.1 Å². The lowest BCUT2D eigenvalue weighted by Crippen LogP contribution is -2.29. The van der Waals surface area contributed by atoms with Crippen LogP contribution in [0.5, 0.6) is 5.75 Å². The van der Waals surface area contributed by atoms with E-state index < -0.39 is 0 Å². The highest BCUT2D eigenvalue weighted by atomic mass is 16.5. The Balaban J connectivity index is 2.68. The first-order chi connectivity index (χ1) is 8.54. The second-order valence-electron chi connectivity index (χ2n) is 4.21. The Morgan fingerprint density at radius 1 is 1.61 bits per heavy atom. The summed E-state index contributed by atoms with van der Waals surface area (Å²) < 4.78 is 5.51. The number of amides is 1. The standard InChI is InChI=1S/C14H20N2O2/c1-4-7-16-14(17)9-18-13-8-10(2)5-6-12(13)11(3)15/h4-6,8,11H,1,7,9,15H2,2-3H3,(H,16,17)/t11-/m1/s1.